The van der Waals surface area contributed by atoms with E-state index in [0.717, 1.165) is 11.1 Å². The largest absolute Gasteiger partial charge is 0.506 e. The highest BCUT2D eigenvalue weighted by Crippen LogP contribution is 2.32. The number of hydrogen-bond donors (Lipinski definition) is 2. The number of hydrogen-bond acceptors (Lipinski definition) is 4. The molecule has 2 rings (SSSR count). The van der Waals surface area contributed by atoms with Crippen LogP contribution in [0.3, 0.4) is 0 Å². The highest BCUT2D eigenvalue weighted by molar-refractivity contribution is 5.80. The second-order valence-electron chi connectivity index (χ2n) is 6.14. The number of carbonyl (C=O) groups excluding carboxylic acids is 1. The Morgan fingerprint density at radius 1 is 1.38 bits per heavy atom. The number of amides is 1. The lowest BCUT2D eigenvalue weighted by molar-refractivity contribution is 0.0270. The molecule has 1 aromatic carbocycles. The first-order valence-corrected chi connectivity index (χ1v) is 7.03. The summed E-state index contributed by atoms with van der Waals surface area (Å²) >= 11 is 0. The maximum Gasteiger partial charge on any atom is 0.410 e. The van der Waals surface area contributed by atoms with Crippen LogP contribution in [0.4, 0.5) is 10.5 Å². The summed E-state index contributed by atoms with van der Waals surface area (Å²) in [6, 6.07) is 5.21. The summed E-state index contributed by atoms with van der Waals surface area (Å²) in [6.45, 7) is 6.62. The first-order valence-electron chi connectivity index (χ1n) is 7.03. The molecule has 0 aliphatic carbocycles. The SMILES string of the molecule is CC(C)(C)OC(=O)N1CC=C(c2cccc(O)c2N)CC1. The standard InChI is InChI=1S/C16H22N2O3/c1-16(2,3)21-15(20)18-9-7-11(8-10-18)12-5-4-6-13(19)14(12)17/h4-7,19H,8-10,17H2,1-3H3. The lowest BCUT2D eigenvalue weighted by Gasteiger charge is -2.29. The minimum atomic E-state index is -0.489. The van der Waals surface area contributed by atoms with Gasteiger partial charge in [0, 0.05) is 18.7 Å². The number of phenols is 1. The zero-order valence-corrected chi connectivity index (χ0v) is 12.7. The summed E-state index contributed by atoms with van der Waals surface area (Å²) < 4.78 is 5.35. The van der Waals surface area contributed by atoms with E-state index in [1.807, 2.05) is 32.9 Å². The number of nitrogen functional groups attached to an aromatic ring is 1. The zero-order chi connectivity index (χ0) is 15.6. The van der Waals surface area contributed by atoms with Gasteiger partial charge in [0.1, 0.15) is 11.4 Å². The van der Waals surface area contributed by atoms with Crippen LogP contribution in [-0.2, 0) is 4.74 Å². The van der Waals surface area contributed by atoms with Crippen LogP contribution in [0.5, 0.6) is 5.75 Å². The molecule has 114 valence electrons. The fraction of sp³-hybridized carbons (Fsp3) is 0.438. The van der Waals surface area contributed by atoms with E-state index in [0.29, 0.717) is 25.2 Å². The Morgan fingerprint density at radius 2 is 2.10 bits per heavy atom. The second-order valence-corrected chi connectivity index (χ2v) is 6.14. The molecule has 3 N–H and O–H groups in total. The zero-order valence-electron chi connectivity index (χ0n) is 12.7. The van der Waals surface area contributed by atoms with Gasteiger partial charge in [-0.2, -0.15) is 0 Å². The third kappa shape index (κ3) is 3.68. The average molecular weight is 290 g/mol. The molecular formula is C16H22N2O3. The number of rotatable bonds is 1. The number of nitrogens with zero attached hydrogens (tertiary/aromatic N) is 1. The summed E-state index contributed by atoms with van der Waals surface area (Å²) in [4.78, 5) is 13.6. The Kier molecular flexibility index (Phi) is 4.11. The monoisotopic (exact) mass is 290 g/mol. The van der Waals surface area contributed by atoms with Gasteiger partial charge in [-0.3, -0.25) is 0 Å². The molecule has 0 saturated heterocycles. The summed E-state index contributed by atoms with van der Waals surface area (Å²) in [5.74, 6) is 0.0861. The number of ether oxygens (including phenoxy) is 1. The van der Waals surface area contributed by atoms with Crippen LogP contribution in [0.15, 0.2) is 24.3 Å². The van der Waals surface area contributed by atoms with Crippen molar-refractivity contribution in [2.75, 3.05) is 18.8 Å². The van der Waals surface area contributed by atoms with E-state index < -0.39 is 5.60 Å². The van der Waals surface area contributed by atoms with E-state index >= 15 is 0 Å². The molecule has 21 heavy (non-hydrogen) atoms. The lowest BCUT2D eigenvalue weighted by Crippen LogP contribution is -2.39. The van der Waals surface area contributed by atoms with Crippen molar-refractivity contribution in [1.29, 1.82) is 0 Å². The van der Waals surface area contributed by atoms with Crippen molar-refractivity contribution >= 4 is 17.4 Å². The summed E-state index contributed by atoms with van der Waals surface area (Å²) in [7, 11) is 0. The van der Waals surface area contributed by atoms with Crippen LogP contribution in [0, 0.1) is 0 Å². The highest BCUT2D eigenvalue weighted by atomic mass is 16.6. The molecule has 0 aromatic heterocycles. The smallest absolute Gasteiger partial charge is 0.410 e. The van der Waals surface area contributed by atoms with Crippen molar-refractivity contribution < 1.29 is 14.6 Å². The first-order chi connectivity index (χ1) is 9.78. The van der Waals surface area contributed by atoms with Crippen LogP contribution in [0.25, 0.3) is 5.57 Å². The van der Waals surface area contributed by atoms with Gasteiger partial charge in [0.25, 0.3) is 0 Å². The number of para-hydroxylation sites is 1. The topological polar surface area (TPSA) is 75.8 Å². The van der Waals surface area contributed by atoms with Crippen LogP contribution in [0.1, 0.15) is 32.8 Å². The minimum absolute atomic E-state index is 0.0861. The quantitative estimate of drug-likeness (QED) is 0.616. The molecule has 0 unspecified atom stereocenters. The van der Waals surface area contributed by atoms with Crippen molar-refractivity contribution in [2.24, 2.45) is 0 Å². The van der Waals surface area contributed by atoms with Gasteiger partial charge in [-0.15, -0.1) is 0 Å². The number of anilines is 1. The highest BCUT2D eigenvalue weighted by Gasteiger charge is 2.24. The van der Waals surface area contributed by atoms with Gasteiger partial charge in [-0.1, -0.05) is 18.2 Å². The summed E-state index contributed by atoms with van der Waals surface area (Å²) in [6.07, 6.45) is 2.34. The molecule has 5 heteroatoms. The van der Waals surface area contributed by atoms with Crippen LogP contribution in [0.2, 0.25) is 0 Å². The number of aromatic hydroxyl groups is 1. The van der Waals surface area contributed by atoms with Crippen LogP contribution >= 0.6 is 0 Å². The van der Waals surface area contributed by atoms with Crippen molar-refractivity contribution in [2.45, 2.75) is 32.8 Å². The fourth-order valence-corrected chi connectivity index (χ4v) is 2.24. The fourth-order valence-electron chi connectivity index (χ4n) is 2.24. The molecule has 1 aliphatic heterocycles. The average Bonchev–Trinajstić information content (AvgIpc) is 2.40. The van der Waals surface area contributed by atoms with E-state index in [-0.39, 0.29) is 11.8 Å². The van der Waals surface area contributed by atoms with Crippen LogP contribution in [-0.4, -0.2) is 34.8 Å². The molecule has 1 aliphatic rings. The Morgan fingerprint density at radius 3 is 2.67 bits per heavy atom. The molecule has 0 atom stereocenters. The number of nitrogens with two attached hydrogens (primary N) is 1. The molecule has 0 saturated carbocycles. The predicted octanol–water partition coefficient (Wildman–Crippen LogP) is 3.00. The molecule has 0 spiro atoms. The normalized spacial score (nSPS) is 15.6. The number of benzene rings is 1. The van der Waals surface area contributed by atoms with Gasteiger partial charge in [-0.05, 0) is 38.8 Å². The minimum Gasteiger partial charge on any atom is -0.506 e. The molecule has 0 fully saturated rings. The summed E-state index contributed by atoms with van der Waals surface area (Å²) in [5.41, 5.74) is 7.67. The van der Waals surface area contributed by atoms with E-state index in [1.54, 1.807) is 17.0 Å². The molecule has 5 nitrogen and oxygen atoms in total. The van der Waals surface area contributed by atoms with Crippen molar-refractivity contribution in [3.05, 3.63) is 29.8 Å². The third-order valence-electron chi connectivity index (χ3n) is 3.29. The number of phenolic OH excluding ortho intramolecular Hbond substituents is 1. The lowest BCUT2D eigenvalue weighted by atomic mass is 9.98. The van der Waals surface area contributed by atoms with Crippen molar-refractivity contribution in [3.63, 3.8) is 0 Å². The Labute approximate surface area is 125 Å². The van der Waals surface area contributed by atoms with Gasteiger partial charge >= 0.3 is 6.09 Å². The van der Waals surface area contributed by atoms with Gasteiger partial charge in [0.2, 0.25) is 0 Å². The molecule has 1 heterocycles. The molecular weight excluding hydrogens is 268 g/mol. The predicted molar refractivity (Wildman–Crippen MR) is 82.9 cm³/mol. The molecule has 0 radical (unpaired) electrons. The van der Waals surface area contributed by atoms with Crippen molar-refractivity contribution in [1.82, 2.24) is 4.90 Å². The Bertz CT molecular complexity index is 573. The van der Waals surface area contributed by atoms with E-state index in [1.165, 1.54) is 0 Å². The first kappa shape index (κ1) is 15.2. The van der Waals surface area contributed by atoms with Gasteiger partial charge in [-0.25, -0.2) is 4.79 Å². The maximum absolute atomic E-state index is 12.0. The van der Waals surface area contributed by atoms with E-state index in [2.05, 4.69) is 0 Å². The van der Waals surface area contributed by atoms with E-state index in [4.69, 9.17) is 10.5 Å². The molecule has 0 bridgehead atoms. The van der Waals surface area contributed by atoms with Crippen LogP contribution < -0.4 is 5.73 Å². The molecule has 1 aromatic rings. The second kappa shape index (κ2) is 5.68. The third-order valence-corrected chi connectivity index (χ3v) is 3.29. The van der Waals surface area contributed by atoms with Gasteiger partial charge in [0.05, 0.1) is 5.69 Å². The Hall–Kier alpha value is -2.17. The number of carbonyl (C=O) groups is 1. The molecule has 1 amide bonds. The maximum atomic E-state index is 12.0. The van der Waals surface area contributed by atoms with Crippen molar-refractivity contribution in [3.8, 4) is 5.75 Å². The van der Waals surface area contributed by atoms with Gasteiger partial charge in [0.15, 0.2) is 0 Å². The summed E-state index contributed by atoms with van der Waals surface area (Å²) in [5, 5.41) is 9.66. The van der Waals surface area contributed by atoms with E-state index in [9.17, 15) is 9.90 Å². The Balaban J connectivity index is 2.09. The van der Waals surface area contributed by atoms with Gasteiger partial charge < -0.3 is 20.5 Å².